The van der Waals surface area contributed by atoms with Crippen LogP contribution in [0.4, 0.5) is 5.69 Å². The topological polar surface area (TPSA) is 104 Å². The van der Waals surface area contributed by atoms with E-state index in [1.165, 1.54) is 25.2 Å². The predicted octanol–water partition coefficient (Wildman–Crippen LogP) is 3.61. The zero-order chi connectivity index (χ0) is 21.8. The second kappa shape index (κ2) is 9.19. The van der Waals surface area contributed by atoms with Gasteiger partial charge in [0.25, 0.3) is 0 Å². The number of hydrogen-bond acceptors (Lipinski definition) is 8. The molecule has 0 atom stereocenters. The number of halogens is 1. The first-order valence-corrected chi connectivity index (χ1v) is 10.4. The van der Waals surface area contributed by atoms with Gasteiger partial charge in [0.05, 0.1) is 25.7 Å². The Morgan fingerprint density at radius 3 is 2.74 bits per heavy atom. The lowest BCUT2D eigenvalue weighted by Gasteiger charge is -2.10. The first-order valence-electron chi connectivity index (χ1n) is 9.06. The summed E-state index contributed by atoms with van der Waals surface area (Å²) in [6, 6.07) is 12.4. The number of hydrogen-bond donors (Lipinski definition) is 1. The Labute approximate surface area is 186 Å². The number of carbonyl (C=O) groups excluding carboxylic acids is 1. The molecule has 0 aliphatic rings. The van der Waals surface area contributed by atoms with Crippen molar-refractivity contribution in [1.82, 2.24) is 25.0 Å². The van der Waals surface area contributed by atoms with Crippen LogP contribution < -0.4 is 14.8 Å². The molecule has 0 saturated carbocycles. The van der Waals surface area contributed by atoms with Crippen molar-refractivity contribution < 1.29 is 14.3 Å². The van der Waals surface area contributed by atoms with Crippen molar-refractivity contribution in [2.24, 2.45) is 0 Å². The van der Waals surface area contributed by atoms with E-state index in [1.54, 1.807) is 42.1 Å². The van der Waals surface area contributed by atoms with Crippen molar-refractivity contribution in [1.29, 1.82) is 0 Å². The average molecular weight is 457 g/mol. The van der Waals surface area contributed by atoms with E-state index in [0.29, 0.717) is 38.4 Å². The van der Waals surface area contributed by atoms with Gasteiger partial charge in [-0.15, -0.1) is 5.10 Å². The van der Waals surface area contributed by atoms with Crippen molar-refractivity contribution >= 4 is 46.1 Å². The fourth-order valence-electron chi connectivity index (χ4n) is 2.86. The van der Waals surface area contributed by atoms with Crippen LogP contribution in [0.5, 0.6) is 11.5 Å². The van der Waals surface area contributed by atoms with Crippen LogP contribution >= 0.6 is 23.4 Å². The number of benzene rings is 2. The van der Waals surface area contributed by atoms with E-state index in [4.69, 9.17) is 21.1 Å². The van der Waals surface area contributed by atoms with E-state index in [9.17, 15) is 4.79 Å². The zero-order valence-electron chi connectivity index (χ0n) is 16.6. The van der Waals surface area contributed by atoms with Gasteiger partial charge in [-0.2, -0.15) is 4.68 Å². The summed E-state index contributed by atoms with van der Waals surface area (Å²) in [5.41, 5.74) is 2.37. The Hall–Kier alpha value is -3.37. The van der Waals surface area contributed by atoms with E-state index in [0.717, 1.165) is 5.69 Å². The van der Waals surface area contributed by atoms with Crippen LogP contribution in [0.1, 0.15) is 0 Å². The first-order chi connectivity index (χ1) is 15.1. The minimum atomic E-state index is -0.203. The van der Waals surface area contributed by atoms with Crippen molar-refractivity contribution in [3.63, 3.8) is 0 Å². The first kappa shape index (κ1) is 20.9. The van der Waals surface area contributed by atoms with Gasteiger partial charge in [0.1, 0.15) is 11.4 Å². The van der Waals surface area contributed by atoms with E-state index in [1.807, 2.05) is 12.1 Å². The maximum Gasteiger partial charge on any atom is 0.234 e. The average Bonchev–Trinajstić information content (AvgIpc) is 3.22. The van der Waals surface area contributed by atoms with Gasteiger partial charge in [0, 0.05) is 16.8 Å². The van der Waals surface area contributed by atoms with Crippen LogP contribution in [0, 0.1) is 0 Å². The van der Waals surface area contributed by atoms with Crippen LogP contribution in [0.2, 0.25) is 5.02 Å². The molecule has 0 radical (unpaired) electrons. The van der Waals surface area contributed by atoms with Crippen LogP contribution in [-0.2, 0) is 4.79 Å². The highest BCUT2D eigenvalue weighted by atomic mass is 35.5. The summed E-state index contributed by atoms with van der Waals surface area (Å²) in [5.74, 6) is 1.04. The summed E-state index contributed by atoms with van der Waals surface area (Å²) in [4.78, 5) is 21.0. The molecular formula is C20H17ClN6O3S. The summed E-state index contributed by atoms with van der Waals surface area (Å²) in [7, 11) is 3.09. The number of carbonyl (C=O) groups is 1. The molecule has 11 heteroatoms. The van der Waals surface area contributed by atoms with Gasteiger partial charge in [-0.25, -0.2) is 9.97 Å². The number of thioether (sulfide) groups is 1. The second-order valence-corrected chi connectivity index (χ2v) is 7.64. The van der Waals surface area contributed by atoms with Crippen LogP contribution in [0.15, 0.2) is 53.8 Å². The van der Waals surface area contributed by atoms with Crippen LogP contribution in [0.25, 0.3) is 16.9 Å². The van der Waals surface area contributed by atoms with Gasteiger partial charge in [-0.3, -0.25) is 4.79 Å². The van der Waals surface area contributed by atoms with E-state index >= 15 is 0 Å². The molecule has 0 saturated heterocycles. The van der Waals surface area contributed by atoms with E-state index in [-0.39, 0.29) is 11.7 Å². The molecule has 2 aromatic carbocycles. The SMILES string of the molecule is COc1ccc(NC(=O)CSc2ncnc3c2nnn3-c2cccc(Cl)c2)cc1OC. The van der Waals surface area contributed by atoms with Crippen molar-refractivity contribution in [3.05, 3.63) is 53.8 Å². The molecule has 9 nitrogen and oxygen atoms in total. The molecule has 4 aromatic rings. The standard InChI is InChI=1S/C20H17ClN6O3S/c1-29-15-7-6-13(9-16(15)30-2)24-17(28)10-31-20-18-19(22-11-23-20)27(26-25-18)14-5-3-4-12(21)8-14/h3-9,11H,10H2,1-2H3,(H,24,28). The maximum absolute atomic E-state index is 12.4. The van der Waals surface area contributed by atoms with Gasteiger partial charge in [-0.1, -0.05) is 34.6 Å². The van der Waals surface area contributed by atoms with Crippen molar-refractivity contribution in [3.8, 4) is 17.2 Å². The Kier molecular flexibility index (Phi) is 6.19. The van der Waals surface area contributed by atoms with Gasteiger partial charge >= 0.3 is 0 Å². The van der Waals surface area contributed by atoms with Gasteiger partial charge in [0.15, 0.2) is 22.7 Å². The molecule has 2 heterocycles. The summed E-state index contributed by atoms with van der Waals surface area (Å²) < 4.78 is 12.0. The molecular weight excluding hydrogens is 440 g/mol. The molecule has 1 amide bonds. The molecule has 1 N–H and O–H groups in total. The van der Waals surface area contributed by atoms with Crippen molar-refractivity contribution in [2.45, 2.75) is 5.03 Å². The largest absolute Gasteiger partial charge is 0.493 e. The Morgan fingerprint density at radius 1 is 1.13 bits per heavy atom. The highest BCUT2D eigenvalue weighted by Gasteiger charge is 2.15. The second-order valence-electron chi connectivity index (χ2n) is 6.24. The van der Waals surface area contributed by atoms with Crippen LogP contribution in [0.3, 0.4) is 0 Å². The molecule has 0 fully saturated rings. The van der Waals surface area contributed by atoms with Gasteiger partial charge < -0.3 is 14.8 Å². The minimum Gasteiger partial charge on any atom is -0.493 e. The third-order valence-corrected chi connectivity index (χ3v) is 5.48. The lowest BCUT2D eigenvalue weighted by Crippen LogP contribution is -2.14. The third kappa shape index (κ3) is 4.54. The van der Waals surface area contributed by atoms with E-state index in [2.05, 4.69) is 25.6 Å². The Morgan fingerprint density at radius 2 is 1.97 bits per heavy atom. The normalized spacial score (nSPS) is 10.8. The van der Waals surface area contributed by atoms with Gasteiger partial charge in [0.2, 0.25) is 5.91 Å². The Bertz CT molecular complexity index is 1250. The lowest BCUT2D eigenvalue weighted by atomic mass is 10.2. The number of rotatable bonds is 7. The smallest absolute Gasteiger partial charge is 0.234 e. The predicted molar refractivity (Wildman–Crippen MR) is 118 cm³/mol. The molecule has 31 heavy (non-hydrogen) atoms. The highest BCUT2D eigenvalue weighted by molar-refractivity contribution is 8.00. The quantitative estimate of drug-likeness (QED) is 0.332. The van der Waals surface area contributed by atoms with Crippen LogP contribution in [-0.4, -0.2) is 50.8 Å². The number of aromatic nitrogens is 5. The molecule has 0 aliphatic heterocycles. The highest BCUT2D eigenvalue weighted by Crippen LogP contribution is 2.30. The fourth-order valence-corrected chi connectivity index (χ4v) is 3.78. The monoisotopic (exact) mass is 456 g/mol. The molecule has 4 rings (SSSR count). The number of methoxy groups -OCH3 is 2. The molecule has 158 valence electrons. The minimum absolute atomic E-state index is 0.129. The Balaban J connectivity index is 1.49. The molecule has 0 unspecified atom stereocenters. The third-order valence-electron chi connectivity index (χ3n) is 4.26. The molecule has 0 aliphatic carbocycles. The zero-order valence-corrected chi connectivity index (χ0v) is 18.1. The fraction of sp³-hybridized carbons (Fsp3) is 0.150. The number of anilines is 1. The molecule has 2 aromatic heterocycles. The number of nitrogens with one attached hydrogen (secondary N) is 1. The molecule has 0 spiro atoms. The van der Waals surface area contributed by atoms with E-state index < -0.39 is 0 Å². The number of fused-ring (bicyclic) bond motifs is 1. The number of ether oxygens (including phenoxy) is 2. The van der Waals surface area contributed by atoms with Gasteiger partial charge in [-0.05, 0) is 30.3 Å². The molecule has 0 bridgehead atoms. The van der Waals surface area contributed by atoms with Crippen molar-refractivity contribution in [2.75, 3.05) is 25.3 Å². The summed E-state index contributed by atoms with van der Waals surface area (Å²) in [5, 5.41) is 12.3. The lowest BCUT2D eigenvalue weighted by molar-refractivity contribution is -0.113. The summed E-state index contributed by atoms with van der Waals surface area (Å²) in [6.07, 6.45) is 1.42. The summed E-state index contributed by atoms with van der Waals surface area (Å²) in [6.45, 7) is 0. The number of nitrogens with zero attached hydrogens (tertiary/aromatic N) is 5. The maximum atomic E-state index is 12.4. The number of amides is 1. The summed E-state index contributed by atoms with van der Waals surface area (Å²) >= 11 is 7.32.